The Morgan fingerprint density at radius 3 is 2.33 bits per heavy atom. The van der Waals surface area contributed by atoms with Crippen molar-refractivity contribution >= 4 is 5.82 Å². The minimum atomic E-state index is -4.34. The van der Waals surface area contributed by atoms with Gasteiger partial charge in [-0.2, -0.15) is 13.2 Å². The van der Waals surface area contributed by atoms with E-state index in [1.807, 2.05) is 6.92 Å². The van der Waals surface area contributed by atoms with Crippen LogP contribution in [-0.2, 0) is 12.7 Å². The van der Waals surface area contributed by atoms with E-state index in [0.717, 1.165) is 12.1 Å². The number of nitrogens with two attached hydrogens (primary N) is 1. The Labute approximate surface area is 101 Å². The van der Waals surface area contributed by atoms with Crippen LogP contribution in [0.25, 0.3) is 11.3 Å². The molecule has 0 bridgehead atoms. The van der Waals surface area contributed by atoms with E-state index in [2.05, 4.69) is 10.3 Å². The van der Waals surface area contributed by atoms with Crippen LogP contribution in [0.5, 0.6) is 0 Å². The summed E-state index contributed by atoms with van der Waals surface area (Å²) in [6.45, 7) is 2.39. The number of hydrogen-bond donors (Lipinski definition) is 1. The molecule has 0 unspecified atom stereocenters. The summed E-state index contributed by atoms with van der Waals surface area (Å²) in [6, 6.07) is 4.76. The van der Waals surface area contributed by atoms with Crippen molar-refractivity contribution in [2.45, 2.75) is 19.6 Å². The molecule has 2 aromatic rings. The van der Waals surface area contributed by atoms with Crippen LogP contribution in [0.4, 0.5) is 19.0 Å². The minimum Gasteiger partial charge on any atom is -0.380 e. The highest BCUT2D eigenvalue weighted by Gasteiger charge is 2.30. The number of benzene rings is 1. The molecule has 0 aliphatic rings. The number of alkyl halides is 3. The summed E-state index contributed by atoms with van der Waals surface area (Å²) in [4.78, 5) is 0. The van der Waals surface area contributed by atoms with Gasteiger partial charge in [-0.1, -0.05) is 17.3 Å². The van der Waals surface area contributed by atoms with Gasteiger partial charge in [0.05, 0.1) is 5.56 Å². The largest absolute Gasteiger partial charge is 0.416 e. The van der Waals surface area contributed by atoms with Crippen LogP contribution in [0.1, 0.15) is 12.5 Å². The van der Waals surface area contributed by atoms with E-state index in [4.69, 9.17) is 5.73 Å². The molecule has 0 aliphatic heterocycles. The highest BCUT2D eigenvalue weighted by atomic mass is 19.4. The average Bonchev–Trinajstić information content (AvgIpc) is 2.69. The van der Waals surface area contributed by atoms with Crippen LogP contribution in [-0.4, -0.2) is 15.0 Å². The summed E-state index contributed by atoms with van der Waals surface area (Å²) in [5.74, 6) is 0.205. The summed E-state index contributed by atoms with van der Waals surface area (Å²) in [7, 11) is 0. The van der Waals surface area contributed by atoms with Crippen molar-refractivity contribution in [3.05, 3.63) is 29.8 Å². The summed E-state index contributed by atoms with van der Waals surface area (Å²) in [6.07, 6.45) is -4.34. The van der Waals surface area contributed by atoms with Crippen molar-refractivity contribution in [1.82, 2.24) is 15.0 Å². The van der Waals surface area contributed by atoms with Crippen molar-refractivity contribution in [2.75, 3.05) is 5.73 Å². The smallest absolute Gasteiger partial charge is 0.380 e. The number of rotatable bonds is 2. The molecule has 96 valence electrons. The lowest BCUT2D eigenvalue weighted by atomic mass is 10.1. The summed E-state index contributed by atoms with van der Waals surface area (Å²) >= 11 is 0. The topological polar surface area (TPSA) is 56.7 Å². The molecule has 0 saturated heterocycles. The average molecular weight is 256 g/mol. The fraction of sp³-hybridized carbons (Fsp3) is 0.273. The predicted molar refractivity (Wildman–Crippen MR) is 60.5 cm³/mol. The molecular weight excluding hydrogens is 245 g/mol. The van der Waals surface area contributed by atoms with Crippen molar-refractivity contribution < 1.29 is 13.2 Å². The van der Waals surface area contributed by atoms with Crippen LogP contribution < -0.4 is 5.73 Å². The maximum atomic E-state index is 12.4. The first kappa shape index (κ1) is 12.4. The van der Waals surface area contributed by atoms with Crippen molar-refractivity contribution in [2.24, 2.45) is 0 Å². The second-order valence-corrected chi connectivity index (χ2v) is 3.71. The van der Waals surface area contributed by atoms with Gasteiger partial charge in [0, 0.05) is 12.1 Å². The number of hydrogen-bond acceptors (Lipinski definition) is 3. The molecule has 0 aliphatic carbocycles. The molecule has 4 nitrogen and oxygen atoms in total. The van der Waals surface area contributed by atoms with E-state index in [1.54, 1.807) is 0 Å². The molecule has 1 heterocycles. The van der Waals surface area contributed by atoms with Crippen LogP contribution in [0.3, 0.4) is 0 Å². The molecule has 0 spiro atoms. The first-order valence-corrected chi connectivity index (χ1v) is 5.30. The highest BCUT2D eigenvalue weighted by molar-refractivity contribution is 5.70. The third-order valence-corrected chi connectivity index (χ3v) is 2.55. The first-order valence-electron chi connectivity index (χ1n) is 5.30. The van der Waals surface area contributed by atoms with Crippen molar-refractivity contribution in [1.29, 1.82) is 0 Å². The first-order chi connectivity index (χ1) is 8.43. The summed E-state index contributed by atoms with van der Waals surface area (Å²) < 4.78 is 38.8. The van der Waals surface area contributed by atoms with E-state index < -0.39 is 11.7 Å². The van der Waals surface area contributed by atoms with Crippen molar-refractivity contribution in [3.8, 4) is 11.3 Å². The Morgan fingerprint density at radius 2 is 1.83 bits per heavy atom. The van der Waals surface area contributed by atoms with Gasteiger partial charge < -0.3 is 5.73 Å². The van der Waals surface area contributed by atoms with Crippen LogP contribution in [0.2, 0.25) is 0 Å². The van der Waals surface area contributed by atoms with Gasteiger partial charge in [-0.05, 0) is 19.1 Å². The molecule has 1 aromatic heterocycles. The third kappa shape index (κ3) is 2.15. The van der Waals surface area contributed by atoms with Gasteiger partial charge in [0.25, 0.3) is 0 Å². The monoisotopic (exact) mass is 256 g/mol. The van der Waals surface area contributed by atoms with Gasteiger partial charge >= 0.3 is 6.18 Å². The van der Waals surface area contributed by atoms with E-state index in [0.29, 0.717) is 17.8 Å². The number of halogens is 3. The maximum Gasteiger partial charge on any atom is 0.416 e. The van der Waals surface area contributed by atoms with Gasteiger partial charge in [0.2, 0.25) is 0 Å². The lowest BCUT2D eigenvalue weighted by Crippen LogP contribution is -2.05. The number of aryl methyl sites for hydroxylation is 1. The van der Waals surface area contributed by atoms with E-state index in [9.17, 15) is 13.2 Å². The lowest BCUT2D eigenvalue weighted by molar-refractivity contribution is -0.137. The molecule has 0 amide bonds. The number of nitrogen functional groups attached to an aromatic ring is 1. The number of nitrogens with zero attached hydrogens (tertiary/aromatic N) is 3. The Kier molecular flexibility index (Phi) is 2.98. The molecule has 0 atom stereocenters. The molecular formula is C11H11F3N4. The predicted octanol–water partition coefficient (Wildman–Crippen LogP) is 2.57. The zero-order valence-corrected chi connectivity index (χ0v) is 9.57. The fourth-order valence-corrected chi connectivity index (χ4v) is 1.66. The number of anilines is 1. The van der Waals surface area contributed by atoms with Gasteiger partial charge in [0.15, 0.2) is 5.82 Å². The third-order valence-electron chi connectivity index (χ3n) is 2.55. The SMILES string of the molecule is CCn1nnc(N)c1-c1ccc(C(F)(F)F)cc1. The van der Waals surface area contributed by atoms with Gasteiger partial charge in [-0.25, -0.2) is 4.68 Å². The normalized spacial score (nSPS) is 11.8. The quantitative estimate of drug-likeness (QED) is 0.898. The van der Waals surface area contributed by atoms with Crippen molar-refractivity contribution in [3.63, 3.8) is 0 Å². The summed E-state index contributed by atoms with van der Waals surface area (Å²) in [5, 5.41) is 7.50. The Morgan fingerprint density at radius 1 is 1.22 bits per heavy atom. The minimum absolute atomic E-state index is 0.205. The van der Waals surface area contributed by atoms with Gasteiger partial charge in [-0.3, -0.25) is 0 Å². The van der Waals surface area contributed by atoms with Crippen LogP contribution in [0, 0.1) is 0 Å². The second kappa shape index (κ2) is 4.32. The molecule has 0 radical (unpaired) electrons. The Hall–Kier alpha value is -2.05. The molecule has 0 fully saturated rings. The summed E-state index contributed by atoms with van der Waals surface area (Å²) in [5.41, 5.74) is 6.06. The van der Waals surface area contributed by atoms with Crippen LogP contribution >= 0.6 is 0 Å². The lowest BCUT2D eigenvalue weighted by Gasteiger charge is -2.08. The second-order valence-electron chi connectivity index (χ2n) is 3.71. The molecule has 7 heteroatoms. The number of aromatic nitrogens is 3. The van der Waals surface area contributed by atoms with Gasteiger partial charge in [-0.15, -0.1) is 5.10 Å². The molecule has 1 aromatic carbocycles. The van der Waals surface area contributed by atoms with Gasteiger partial charge in [0.1, 0.15) is 5.69 Å². The van der Waals surface area contributed by atoms with E-state index in [1.165, 1.54) is 16.8 Å². The zero-order valence-electron chi connectivity index (χ0n) is 9.57. The van der Waals surface area contributed by atoms with Crippen LogP contribution in [0.15, 0.2) is 24.3 Å². The maximum absolute atomic E-state index is 12.4. The fourth-order valence-electron chi connectivity index (χ4n) is 1.66. The highest BCUT2D eigenvalue weighted by Crippen LogP contribution is 2.31. The zero-order chi connectivity index (χ0) is 13.3. The Bertz CT molecular complexity index is 542. The standard InChI is InChI=1S/C11H11F3N4/c1-2-18-9(10(15)16-17-18)7-3-5-8(6-4-7)11(12,13)14/h3-6H,2,15H2,1H3. The van der Waals surface area contributed by atoms with E-state index in [-0.39, 0.29) is 5.82 Å². The molecule has 2 rings (SSSR count). The molecule has 0 saturated carbocycles. The Balaban J connectivity index is 2.43. The molecule has 2 N–H and O–H groups in total. The molecule has 18 heavy (non-hydrogen) atoms. The van der Waals surface area contributed by atoms with E-state index >= 15 is 0 Å².